The smallest absolute Gasteiger partial charge is 0.214 e. The number of rotatable bonds is 5. The normalized spacial score (nSPS) is 23.4. The highest BCUT2D eigenvalue weighted by Crippen LogP contribution is 2.41. The Labute approximate surface area is 138 Å². The number of carbonyl (C=O) groups excluding carboxylic acids is 1. The van der Waals surface area contributed by atoms with Gasteiger partial charge in [0.25, 0.3) is 0 Å². The molecule has 2 N–H and O–H groups in total. The topological polar surface area (TPSA) is 58.6 Å². The largest absolute Gasteiger partial charge is 0.503 e. The third-order valence-corrected chi connectivity index (χ3v) is 5.17. The number of benzene rings is 1. The first kappa shape index (κ1) is 15.3. The number of Topliss-reactive ketones (excluding diaryl/α,β-unsaturated/α-hetero) is 1. The molecule has 0 radical (unpaired) electrons. The molecule has 0 aromatic heterocycles. The number of nitrogens with one attached hydrogen (secondary N) is 1. The van der Waals surface area contributed by atoms with Crippen molar-refractivity contribution in [3.05, 3.63) is 47.9 Å². The molecule has 0 spiro atoms. The number of hydrogen-bond acceptors (Lipinski definition) is 5. The van der Waals surface area contributed by atoms with Gasteiger partial charge in [-0.1, -0.05) is 12.1 Å². The molecule has 1 aromatic rings. The summed E-state index contributed by atoms with van der Waals surface area (Å²) in [5.74, 6) is 0.975. The van der Waals surface area contributed by atoms with Gasteiger partial charge in [-0.3, -0.25) is 4.79 Å². The lowest BCUT2D eigenvalue weighted by molar-refractivity contribution is -0.118. The molecule has 6 heteroatoms. The van der Waals surface area contributed by atoms with Gasteiger partial charge in [0.2, 0.25) is 5.78 Å². The molecule has 0 amide bonds. The summed E-state index contributed by atoms with van der Waals surface area (Å²) in [6.45, 7) is 0.605. The van der Waals surface area contributed by atoms with E-state index in [0.717, 1.165) is 22.6 Å². The fourth-order valence-electron chi connectivity index (χ4n) is 2.37. The highest BCUT2D eigenvalue weighted by Gasteiger charge is 2.38. The predicted molar refractivity (Wildman–Crippen MR) is 89.3 cm³/mol. The average molecular weight is 338 g/mol. The van der Waals surface area contributed by atoms with Crippen LogP contribution in [-0.2, 0) is 4.79 Å². The Morgan fingerprint density at radius 1 is 1.32 bits per heavy atom. The molecule has 2 heterocycles. The van der Waals surface area contributed by atoms with E-state index in [1.165, 1.54) is 18.0 Å². The molecule has 2 aliphatic heterocycles. The third-order valence-electron chi connectivity index (χ3n) is 3.52. The van der Waals surface area contributed by atoms with Crippen LogP contribution in [0.15, 0.2) is 42.3 Å². The number of aliphatic hydroxyl groups is 1. The fourth-order valence-corrected chi connectivity index (χ4v) is 3.78. The maximum atomic E-state index is 11.9. The number of hydrogen-bond donors (Lipinski definition) is 2. The molecule has 0 aliphatic carbocycles. The van der Waals surface area contributed by atoms with Gasteiger partial charge in [0.15, 0.2) is 5.76 Å². The van der Waals surface area contributed by atoms with Crippen molar-refractivity contribution in [1.82, 2.24) is 5.32 Å². The first-order valence-electron chi connectivity index (χ1n) is 7.06. The molecule has 22 heavy (non-hydrogen) atoms. The second kappa shape index (κ2) is 6.67. The summed E-state index contributed by atoms with van der Waals surface area (Å²) in [5, 5.41) is 12.3. The Balaban J connectivity index is 1.67. The zero-order valence-electron chi connectivity index (χ0n) is 11.8. The van der Waals surface area contributed by atoms with Gasteiger partial charge in [0.1, 0.15) is 5.75 Å². The fraction of sp³-hybridized carbons (Fsp3) is 0.312. The van der Waals surface area contributed by atoms with Crippen molar-refractivity contribution in [2.75, 3.05) is 12.5 Å². The van der Waals surface area contributed by atoms with Crippen molar-refractivity contribution in [1.29, 1.82) is 0 Å². The second-order valence-corrected chi connectivity index (χ2v) is 6.63. The molecular formula is C16H16ClNO3S. The van der Waals surface area contributed by atoms with E-state index in [4.69, 9.17) is 16.3 Å². The molecule has 0 saturated heterocycles. The molecule has 0 fully saturated rings. The van der Waals surface area contributed by atoms with Gasteiger partial charge in [-0.25, -0.2) is 0 Å². The number of allylic oxidation sites excluding steroid dienone is 1. The first-order valence-corrected chi connectivity index (χ1v) is 8.47. The minimum atomic E-state index is -0.292. The molecule has 2 atom stereocenters. The van der Waals surface area contributed by atoms with E-state index in [2.05, 4.69) is 5.32 Å². The number of halogens is 1. The lowest BCUT2D eigenvalue weighted by Gasteiger charge is -2.21. The van der Waals surface area contributed by atoms with Crippen molar-refractivity contribution in [3.63, 3.8) is 0 Å². The van der Waals surface area contributed by atoms with Crippen molar-refractivity contribution >= 4 is 34.1 Å². The van der Waals surface area contributed by atoms with Crippen LogP contribution in [0.25, 0.3) is 4.91 Å². The van der Waals surface area contributed by atoms with E-state index in [1.54, 1.807) is 0 Å². The Bertz CT molecular complexity index is 627. The van der Waals surface area contributed by atoms with E-state index < -0.39 is 0 Å². The van der Waals surface area contributed by atoms with Crippen LogP contribution >= 0.6 is 23.4 Å². The van der Waals surface area contributed by atoms with Gasteiger partial charge in [0, 0.05) is 17.0 Å². The SMILES string of the molecule is O=C1C(O)=CNC2C=C(c3ccc(OCCCCl)cc3)SC12. The van der Waals surface area contributed by atoms with Gasteiger partial charge >= 0.3 is 0 Å². The Morgan fingerprint density at radius 2 is 2.09 bits per heavy atom. The molecule has 0 bridgehead atoms. The minimum Gasteiger partial charge on any atom is -0.503 e. The number of ketones is 1. The summed E-state index contributed by atoms with van der Waals surface area (Å²) < 4.78 is 5.57. The van der Waals surface area contributed by atoms with E-state index in [1.807, 2.05) is 30.3 Å². The lowest BCUT2D eigenvalue weighted by atomic mass is 10.0. The maximum absolute atomic E-state index is 11.9. The van der Waals surface area contributed by atoms with Gasteiger partial charge in [-0.15, -0.1) is 23.4 Å². The van der Waals surface area contributed by atoms with Crippen molar-refractivity contribution in [2.45, 2.75) is 17.7 Å². The zero-order valence-corrected chi connectivity index (χ0v) is 13.4. The number of ether oxygens (including phenoxy) is 1. The van der Waals surface area contributed by atoms with E-state index in [-0.39, 0.29) is 22.8 Å². The van der Waals surface area contributed by atoms with E-state index in [9.17, 15) is 9.90 Å². The second-order valence-electron chi connectivity index (χ2n) is 5.07. The summed E-state index contributed by atoms with van der Waals surface area (Å²) in [6, 6.07) is 7.71. The van der Waals surface area contributed by atoms with Crippen molar-refractivity contribution in [2.24, 2.45) is 0 Å². The van der Waals surface area contributed by atoms with Crippen LogP contribution in [0.4, 0.5) is 0 Å². The molecule has 3 rings (SSSR count). The highest BCUT2D eigenvalue weighted by atomic mass is 35.5. The molecule has 116 valence electrons. The molecule has 4 nitrogen and oxygen atoms in total. The third kappa shape index (κ3) is 3.10. The van der Waals surface area contributed by atoms with Crippen LogP contribution < -0.4 is 10.1 Å². The molecule has 1 aromatic carbocycles. The summed E-state index contributed by atoms with van der Waals surface area (Å²) in [5.41, 5.74) is 1.04. The lowest BCUT2D eigenvalue weighted by Crippen LogP contribution is -2.41. The Hall–Kier alpha value is -1.59. The van der Waals surface area contributed by atoms with Gasteiger partial charge < -0.3 is 15.2 Å². The van der Waals surface area contributed by atoms with Gasteiger partial charge in [0.05, 0.1) is 17.9 Å². The predicted octanol–water partition coefficient (Wildman–Crippen LogP) is 3.09. The van der Waals surface area contributed by atoms with Crippen LogP contribution in [0, 0.1) is 0 Å². The number of alkyl halides is 1. The van der Waals surface area contributed by atoms with E-state index in [0.29, 0.717) is 12.5 Å². The van der Waals surface area contributed by atoms with Gasteiger partial charge in [-0.2, -0.15) is 0 Å². The van der Waals surface area contributed by atoms with Crippen LogP contribution in [0.1, 0.15) is 12.0 Å². The van der Waals surface area contributed by atoms with Crippen LogP contribution in [0.3, 0.4) is 0 Å². The Morgan fingerprint density at radius 3 is 2.82 bits per heavy atom. The quantitative estimate of drug-likeness (QED) is 0.638. The number of aliphatic hydroxyl groups excluding tert-OH is 1. The molecule has 2 unspecified atom stereocenters. The summed E-state index contributed by atoms with van der Waals surface area (Å²) in [4.78, 5) is 13.0. The molecular weight excluding hydrogens is 322 g/mol. The maximum Gasteiger partial charge on any atom is 0.214 e. The summed E-state index contributed by atoms with van der Waals surface area (Å²) in [6.07, 6.45) is 4.22. The first-order chi connectivity index (χ1) is 10.7. The molecule has 2 aliphatic rings. The number of carbonyl (C=O) groups is 1. The summed E-state index contributed by atoms with van der Waals surface area (Å²) >= 11 is 7.09. The minimum absolute atomic E-state index is 0.0666. The number of thioether (sulfide) groups is 1. The van der Waals surface area contributed by atoms with Crippen molar-refractivity contribution < 1.29 is 14.6 Å². The van der Waals surface area contributed by atoms with Crippen molar-refractivity contribution in [3.8, 4) is 5.75 Å². The monoisotopic (exact) mass is 337 g/mol. The van der Waals surface area contributed by atoms with E-state index >= 15 is 0 Å². The standard InChI is InChI=1S/C16H16ClNO3S/c17-6-1-7-21-11-4-2-10(3-5-11)14-8-12-16(22-14)15(20)13(19)9-18-12/h2-5,8-9,12,16,18-19H,1,6-7H2. The zero-order chi connectivity index (χ0) is 15.5. The Kier molecular flexibility index (Phi) is 4.64. The van der Waals surface area contributed by atoms with Crippen LogP contribution in [-0.4, -0.2) is 34.7 Å². The average Bonchev–Trinajstić information content (AvgIpc) is 2.97. The number of fused-ring (bicyclic) bond motifs is 1. The van der Waals surface area contributed by atoms with Crippen LogP contribution in [0.2, 0.25) is 0 Å². The van der Waals surface area contributed by atoms with Gasteiger partial charge in [-0.05, 0) is 30.2 Å². The highest BCUT2D eigenvalue weighted by molar-refractivity contribution is 8.09. The molecule has 0 saturated carbocycles. The van der Waals surface area contributed by atoms with Crippen LogP contribution in [0.5, 0.6) is 5.75 Å². The summed E-state index contributed by atoms with van der Waals surface area (Å²) in [7, 11) is 0.